The quantitative estimate of drug-likeness (QED) is 0.803. The summed E-state index contributed by atoms with van der Waals surface area (Å²) < 4.78 is 4.96. The largest absolute Gasteiger partial charge is 0.461 e. The Morgan fingerprint density at radius 1 is 1.45 bits per heavy atom. The van der Waals surface area contributed by atoms with Gasteiger partial charge in [-0.2, -0.15) is 11.3 Å². The second-order valence-electron chi connectivity index (χ2n) is 4.96. The SMILES string of the molecule is CCOC(=O)c1csc(C2CCCN2C(=O)c2ccsc2)n1. The highest BCUT2D eigenvalue weighted by Crippen LogP contribution is 2.35. The van der Waals surface area contributed by atoms with Crippen molar-refractivity contribution in [3.63, 3.8) is 0 Å². The van der Waals surface area contributed by atoms with Crippen LogP contribution >= 0.6 is 22.7 Å². The van der Waals surface area contributed by atoms with Crippen molar-refractivity contribution < 1.29 is 14.3 Å². The molecule has 1 aliphatic heterocycles. The van der Waals surface area contributed by atoms with E-state index in [1.165, 1.54) is 22.7 Å². The molecule has 0 bridgehead atoms. The molecule has 3 heterocycles. The van der Waals surface area contributed by atoms with Gasteiger partial charge in [-0.3, -0.25) is 4.79 Å². The van der Waals surface area contributed by atoms with Gasteiger partial charge >= 0.3 is 5.97 Å². The first-order valence-corrected chi connectivity index (χ1v) is 8.98. The van der Waals surface area contributed by atoms with Crippen molar-refractivity contribution >= 4 is 34.6 Å². The number of rotatable bonds is 4. The highest BCUT2D eigenvalue weighted by atomic mass is 32.1. The number of likely N-dealkylation sites (tertiary alicyclic amines) is 1. The Morgan fingerprint density at radius 2 is 2.32 bits per heavy atom. The molecule has 0 aromatic carbocycles. The first-order chi connectivity index (χ1) is 10.7. The maximum absolute atomic E-state index is 12.6. The van der Waals surface area contributed by atoms with Crippen LogP contribution in [0.25, 0.3) is 0 Å². The zero-order valence-corrected chi connectivity index (χ0v) is 13.8. The topological polar surface area (TPSA) is 59.5 Å². The molecular formula is C15H16N2O3S2. The van der Waals surface area contributed by atoms with Gasteiger partial charge in [0.05, 0.1) is 18.2 Å². The van der Waals surface area contributed by atoms with Gasteiger partial charge in [-0.25, -0.2) is 9.78 Å². The molecule has 1 amide bonds. The van der Waals surface area contributed by atoms with Crippen LogP contribution in [0.5, 0.6) is 0 Å². The smallest absolute Gasteiger partial charge is 0.357 e. The Bertz CT molecular complexity index is 666. The molecule has 1 atom stereocenters. The Morgan fingerprint density at radius 3 is 3.05 bits per heavy atom. The van der Waals surface area contributed by atoms with Crippen LogP contribution in [0, 0.1) is 0 Å². The average molecular weight is 336 g/mol. The van der Waals surface area contributed by atoms with Gasteiger partial charge < -0.3 is 9.64 Å². The van der Waals surface area contributed by atoms with E-state index in [1.54, 1.807) is 12.3 Å². The first kappa shape index (κ1) is 15.2. The van der Waals surface area contributed by atoms with Crippen LogP contribution in [-0.2, 0) is 4.74 Å². The number of thiophene rings is 1. The third-order valence-corrected chi connectivity index (χ3v) is 5.20. The summed E-state index contributed by atoms with van der Waals surface area (Å²) in [6.45, 7) is 2.83. The predicted molar refractivity (Wildman–Crippen MR) is 85.4 cm³/mol. The summed E-state index contributed by atoms with van der Waals surface area (Å²) in [5, 5.41) is 6.28. The van der Waals surface area contributed by atoms with Crippen LogP contribution in [0.15, 0.2) is 22.2 Å². The number of hydrogen-bond acceptors (Lipinski definition) is 6. The zero-order chi connectivity index (χ0) is 15.5. The monoisotopic (exact) mass is 336 g/mol. The molecule has 1 saturated heterocycles. The minimum atomic E-state index is -0.404. The summed E-state index contributed by atoms with van der Waals surface area (Å²) in [7, 11) is 0. The standard InChI is InChI=1S/C15H16N2O3S2/c1-2-20-15(19)11-9-22-13(16-11)12-4-3-6-17(12)14(18)10-5-7-21-8-10/h5,7-9,12H,2-4,6H2,1H3. The Labute approximate surface area is 136 Å². The molecule has 0 saturated carbocycles. The van der Waals surface area contributed by atoms with Crippen LogP contribution in [0.2, 0.25) is 0 Å². The van der Waals surface area contributed by atoms with E-state index in [-0.39, 0.29) is 11.9 Å². The van der Waals surface area contributed by atoms with E-state index < -0.39 is 5.97 Å². The lowest BCUT2D eigenvalue weighted by Gasteiger charge is -2.22. The minimum absolute atomic E-state index is 0.0386. The van der Waals surface area contributed by atoms with Crippen LogP contribution < -0.4 is 0 Å². The van der Waals surface area contributed by atoms with Gasteiger partial charge in [0.25, 0.3) is 5.91 Å². The Hall–Kier alpha value is -1.73. The molecule has 1 aliphatic rings. The maximum atomic E-state index is 12.6. The summed E-state index contributed by atoms with van der Waals surface area (Å²) in [5.74, 6) is -0.365. The van der Waals surface area contributed by atoms with Crippen LogP contribution in [0.3, 0.4) is 0 Å². The van der Waals surface area contributed by atoms with Crippen molar-refractivity contribution in [2.45, 2.75) is 25.8 Å². The summed E-state index contributed by atoms with van der Waals surface area (Å²) in [6.07, 6.45) is 1.83. The van der Waals surface area contributed by atoms with Crippen molar-refractivity contribution in [2.75, 3.05) is 13.2 Å². The van der Waals surface area contributed by atoms with Gasteiger partial charge in [-0.05, 0) is 31.2 Å². The molecule has 0 N–H and O–H groups in total. The van der Waals surface area contributed by atoms with Crippen LogP contribution in [-0.4, -0.2) is 34.9 Å². The van der Waals surface area contributed by atoms with E-state index in [9.17, 15) is 9.59 Å². The molecule has 116 valence electrons. The number of hydrogen-bond donors (Lipinski definition) is 0. The third kappa shape index (κ3) is 2.91. The number of esters is 1. The lowest BCUT2D eigenvalue weighted by atomic mass is 10.2. The molecule has 7 heteroatoms. The van der Waals surface area contributed by atoms with E-state index in [4.69, 9.17) is 4.74 Å². The van der Waals surface area contributed by atoms with E-state index in [0.29, 0.717) is 12.3 Å². The lowest BCUT2D eigenvalue weighted by Crippen LogP contribution is -2.30. The third-order valence-electron chi connectivity index (χ3n) is 3.57. The van der Waals surface area contributed by atoms with Crippen molar-refractivity contribution in [1.82, 2.24) is 9.88 Å². The normalized spacial score (nSPS) is 17.7. The van der Waals surface area contributed by atoms with E-state index in [2.05, 4.69) is 4.98 Å². The molecule has 22 heavy (non-hydrogen) atoms. The summed E-state index contributed by atoms with van der Waals surface area (Å²) in [5.41, 5.74) is 1.05. The first-order valence-electron chi connectivity index (χ1n) is 7.16. The molecule has 0 spiro atoms. The number of aromatic nitrogens is 1. The fourth-order valence-electron chi connectivity index (χ4n) is 2.56. The van der Waals surface area contributed by atoms with Gasteiger partial charge in [0.2, 0.25) is 0 Å². The van der Waals surface area contributed by atoms with Crippen molar-refractivity contribution in [3.8, 4) is 0 Å². The van der Waals surface area contributed by atoms with Gasteiger partial charge in [0.15, 0.2) is 5.69 Å². The average Bonchev–Trinajstić information content (AvgIpc) is 3.25. The van der Waals surface area contributed by atoms with Crippen LogP contribution in [0.4, 0.5) is 0 Å². The van der Waals surface area contributed by atoms with E-state index in [1.807, 2.05) is 21.7 Å². The Kier molecular flexibility index (Phi) is 4.54. The second kappa shape index (κ2) is 6.58. The second-order valence-corrected chi connectivity index (χ2v) is 6.63. The molecule has 5 nitrogen and oxygen atoms in total. The van der Waals surface area contributed by atoms with E-state index in [0.717, 1.165) is 30.0 Å². The molecule has 1 unspecified atom stereocenters. The Balaban J connectivity index is 1.79. The van der Waals surface area contributed by atoms with Gasteiger partial charge in [-0.1, -0.05) is 0 Å². The number of carbonyl (C=O) groups excluding carboxylic acids is 2. The number of ether oxygens (including phenoxy) is 1. The van der Waals surface area contributed by atoms with Crippen LogP contribution in [0.1, 0.15) is 51.7 Å². The van der Waals surface area contributed by atoms with Crippen molar-refractivity contribution in [2.24, 2.45) is 0 Å². The molecule has 2 aromatic heterocycles. The summed E-state index contributed by atoms with van der Waals surface area (Å²) >= 11 is 2.93. The molecule has 2 aromatic rings. The molecule has 1 fully saturated rings. The number of amides is 1. The molecule has 0 radical (unpaired) electrons. The fourth-order valence-corrected chi connectivity index (χ4v) is 4.12. The van der Waals surface area contributed by atoms with Gasteiger partial charge in [0, 0.05) is 17.3 Å². The highest BCUT2D eigenvalue weighted by Gasteiger charge is 2.33. The molecule has 3 rings (SSSR count). The van der Waals surface area contributed by atoms with Gasteiger partial charge in [0.1, 0.15) is 5.01 Å². The lowest BCUT2D eigenvalue weighted by molar-refractivity contribution is 0.0520. The van der Waals surface area contributed by atoms with Gasteiger partial charge in [-0.15, -0.1) is 11.3 Å². The maximum Gasteiger partial charge on any atom is 0.357 e. The minimum Gasteiger partial charge on any atom is -0.461 e. The zero-order valence-electron chi connectivity index (χ0n) is 12.2. The number of nitrogens with zero attached hydrogens (tertiary/aromatic N) is 2. The number of thiazole rings is 1. The van der Waals surface area contributed by atoms with Crippen molar-refractivity contribution in [1.29, 1.82) is 0 Å². The van der Waals surface area contributed by atoms with Crippen molar-refractivity contribution in [3.05, 3.63) is 38.5 Å². The predicted octanol–water partition coefficient (Wildman–Crippen LogP) is 3.36. The molecular weight excluding hydrogens is 320 g/mol. The summed E-state index contributed by atoms with van der Waals surface area (Å²) in [6, 6.07) is 1.80. The fraction of sp³-hybridized carbons (Fsp3) is 0.400. The van der Waals surface area contributed by atoms with E-state index >= 15 is 0 Å². The highest BCUT2D eigenvalue weighted by molar-refractivity contribution is 7.10. The molecule has 0 aliphatic carbocycles. The summed E-state index contributed by atoms with van der Waals surface area (Å²) in [4.78, 5) is 30.5. The number of carbonyl (C=O) groups is 2.